The second-order valence-corrected chi connectivity index (χ2v) is 7.41. The van der Waals surface area contributed by atoms with Crippen molar-refractivity contribution in [2.45, 2.75) is 18.8 Å². The Morgan fingerprint density at radius 3 is 2.52 bits per heavy atom. The van der Waals surface area contributed by atoms with Gasteiger partial charge in [0.2, 0.25) is 0 Å². The Kier molecular flexibility index (Phi) is 6.04. The maximum absolute atomic E-state index is 12.9. The molecule has 1 unspecified atom stereocenters. The number of hydrogen-bond donors (Lipinski definition) is 2. The number of anilines is 2. The van der Waals surface area contributed by atoms with Crippen LogP contribution in [0.1, 0.15) is 28.2 Å². The number of aromatic amines is 1. The number of alkyl halides is 1. The van der Waals surface area contributed by atoms with Crippen LogP contribution in [0.5, 0.6) is 0 Å². The lowest BCUT2D eigenvalue weighted by Crippen LogP contribution is -2.23. The van der Waals surface area contributed by atoms with Gasteiger partial charge in [-0.3, -0.25) is 4.79 Å². The van der Waals surface area contributed by atoms with Gasteiger partial charge in [0.25, 0.3) is 5.56 Å². The van der Waals surface area contributed by atoms with Gasteiger partial charge in [-0.2, -0.15) is 5.10 Å². The van der Waals surface area contributed by atoms with E-state index in [4.69, 9.17) is 16.3 Å². The summed E-state index contributed by atoms with van der Waals surface area (Å²) in [6.07, 6.45) is 1.61. The van der Waals surface area contributed by atoms with E-state index in [2.05, 4.69) is 15.4 Å². The normalized spacial score (nSPS) is 11.9. The molecule has 31 heavy (non-hydrogen) atoms. The molecule has 2 aromatic carbocycles. The minimum Gasteiger partial charge on any atom is -0.462 e. The van der Waals surface area contributed by atoms with Gasteiger partial charge in [0, 0.05) is 5.69 Å². The van der Waals surface area contributed by atoms with Crippen molar-refractivity contribution >= 4 is 40.0 Å². The van der Waals surface area contributed by atoms with Crippen molar-refractivity contribution in [1.82, 2.24) is 14.8 Å². The number of carbonyl (C=O) groups excluding carboxylic acids is 1. The van der Waals surface area contributed by atoms with E-state index in [0.717, 1.165) is 11.3 Å². The predicted octanol–water partition coefficient (Wildman–Crippen LogP) is 4.63. The molecule has 1 atom stereocenters. The zero-order chi connectivity index (χ0) is 21.8. The molecule has 2 heterocycles. The van der Waals surface area contributed by atoms with Crippen LogP contribution < -0.4 is 10.9 Å². The van der Waals surface area contributed by atoms with E-state index < -0.39 is 11.5 Å². The molecule has 0 aliphatic heterocycles. The zero-order valence-corrected chi connectivity index (χ0v) is 17.6. The molecule has 0 fully saturated rings. The number of nitrogens with one attached hydrogen (secondary N) is 2. The van der Waals surface area contributed by atoms with Crippen LogP contribution >= 0.6 is 11.6 Å². The van der Waals surface area contributed by atoms with Crippen molar-refractivity contribution in [3.8, 4) is 0 Å². The highest BCUT2D eigenvalue weighted by Gasteiger charge is 2.23. The number of fused-ring (bicyclic) bond motifs is 1. The monoisotopic (exact) mass is 436 g/mol. The van der Waals surface area contributed by atoms with Crippen molar-refractivity contribution in [3.05, 3.63) is 88.3 Å². The molecule has 0 aliphatic carbocycles. The zero-order valence-electron chi connectivity index (χ0n) is 16.8. The fourth-order valence-electron chi connectivity index (χ4n) is 3.37. The number of para-hydroxylation sites is 1. The number of nitrogens with zero attached hydrogens (tertiary/aromatic N) is 2. The average molecular weight is 437 g/mol. The summed E-state index contributed by atoms with van der Waals surface area (Å²) in [5.41, 5.74) is 1.84. The second kappa shape index (κ2) is 9.06. The van der Waals surface area contributed by atoms with Crippen LogP contribution in [0.25, 0.3) is 11.0 Å². The molecule has 2 aromatic heterocycles. The van der Waals surface area contributed by atoms with E-state index in [9.17, 15) is 9.59 Å². The smallest absolute Gasteiger partial charge is 0.345 e. The second-order valence-electron chi connectivity index (χ2n) is 6.88. The molecule has 0 aliphatic rings. The van der Waals surface area contributed by atoms with Gasteiger partial charge in [0.15, 0.2) is 0 Å². The van der Waals surface area contributed by atoms with Crippen LogP contribution in [0.15, 0.2) is 71.7 Å². The molecule has 0 radical (unpaired) electrons. The summed E-state index contributed by atoms with van der Waals surface area (Å²) < 4.78 is 6.75. The first-order valence-electron chi connectivity index (χ1n) is 9.88. The Morgan fingerprint density at radius 2 is 1.84 bits per heavy atom. The molecule has 158 valence electrons. The largest absolute Gasteiger partial charge is 0.462 e. The number of pyridine rings is 1. The van der Waals surface area contributed by atoms with E-state index in [1.807, 2.05) is 60.7 Å². The lowest BCUT2D eigenvalue weighted by molar-refractivity contribution is 0.0525. The number of benzene rings is 2. The lowest BCUT2D eigenvalue weighted by atomic mass is 10.1. The highest BCUT2D eigenvalue weighted by Crippen LogP contribution is 2.29. The van der Waals surface area contributed by atoms with Crippen molar-refractivity contribution in [2.24, 2.45) is 0 Å². The highest BCUT2D eigenvalue weighted by atomic mass is 35.5. The summed E-state index contributed by atoms with van der Waals surface area (Å²) in [5, 5.41) is 7.85. The third-order valence-electron chi connectivity index (χ3n) is 4.83. The molecular weight excluding hydrogens is 416 g/mol. The lowest BCUT2D eigenvalue weighted by Gasteiger charge is -2.14. The van der Waals surface area contributed by atoms with Crippen LogP contribution in [0.4, 0.5) is 11.4 Å². The topological polar surface area (TPSA) is 89.0 Å². The van der Waals surface area contributed by atoms with Crippen molar-refractivity contribution in [2.75, 3.05) is 11.9 Å². The molecule has 0 spiro atoms. The number of esters is 1. The average Bonchev–Trinajstić information content (AvgIpc) is 3.17. The first-order chi connectivity index (χ1) is 15.1. The third kappa shape index (κ3) is 4.32. The van der Waals surface area contributed by atoms with Crippen molar-refractivity contribution in [1.29, 1.82) is 0 Å². The molecule has 0 amide bonds. The Morgan fingerprint density at radius 1 is 1.16 bits per heavy atom. The Balaban J connectivity index is 1.80. The van der Waals surface area contributed by atoms with E-state index >= 15 is 0 Å². The molecule has 0 saturated heterocycles. The standard InChI is InChI=1S/C23H21ClN4O3/c1-2-31-23(30)19-20(26-16-11-7-4-8-12-16)17-13-25-28(21(17)27-22(19)29)14-18(24)15-9-5-3-6-10-15/h3-13,18H,2,14H2,1H3,(H2,26,27,29). The molecule has 8 heteroatoms. The molecule has 7 nitrogen and oxygen atoms in total. The maximum Gasteiger partial charge on any atom is 0.345 e. The fraction of sp³-hybridized carbons (Fsp3) is 0.174. The summed E-state index contributed by atoms with van der Waals surface area (Å²) in [7, 11) is 0. The van der Waals surface area contributed by atoms with Crippen LogP contribution in [0.3, 0.4) is 0 Å². The van der Waals surface area contributed by atoms with E-state index in [1.165, 1.54) is 0 Å². The van der Waals surface area contributed by atoms with Gasteiger partial charge in [0.1, 0.15) is 11.2 Å². The Hall–Kier alpha value is -3.58. The number of carbonyl (C=O) groups is 1. The number of halogens is 1. The van der Waals surface area contributed by atoms with Gasteiger partial charge in [-0.05, 0) is 24.6 Å². The van der Waals surface area contributed by atoms with Crippen LogP contribution in [-0.2, 0) is 11.3 Å². The van der Waals surface area contributed by atoms with Gasteiger partial charge in [-0.15, -0.1) is 11.6 Å². The summed E-state index contributed by atoms with van der Waals surface area (Å²) >= 11 is 6.59. The predicted molar refractivity (Wildman–Crippen MR) is 121 cm³/mol. The van der Waals surface area contributed by atoms with Crippen molar-refractivity contribution < 1.29 is 9.53 Å². The molecule has 0 bridgehead atoms. The van der Waals surface area contributed by atoms with E-state index in [0.29, 0.717) is 23.3 Å². The number of aromatic nitrogens is 3. The summed E-state index contributed by atoms with van der Waals surface area (Å²) in [5.74, 6) is -0.698. The fourth-order valence-corrected chi connectivity index (χ4v) is 3.65. The highest BCUT2D eigenvalue weighted by molar-refractivity contribution is 6.20. The van der Waals surface area contributed by atoms with Gasteiger partial charge in [-0.25, -0.2) is 9.48 Å². The molecule has 4 aromatic rings. The Bertz CT molecular complexity index is 1250. The molecular formula is C23H21ClN4O3. The molecule has 0 saturated carbocycles. The van der Waals surface area contributed by atoms with Gasteiger partial charge >= 0.3 is 5.97 Å². The van der Waals surface area contributed by atoms with Gasteiger partial charge < -0.3 is 15.0 Å². The summed E-state index contributed by atoms with van der Waals surface area (Å²) in [6.45, 7) is 2.19. The maximum atomic E-state index is 12.9. The third-order valence-corrected chi connectivity index (χ3v) is 5.22. The quantitative estimate of drug-likeness (QED) is 0.326. The summed E-state index contributed by atoms with van der Waals surface area (Å²) in [4.78, 5) is 28.2. The van der Waals surface area contributed by atoms with Gasteiger partial charge in [-0.1, -0.05) is 48.5 Å². The van der Waals surface area contributed by atoms with Crippen LogP contribution in [-0.4, -0.2) is 27.3 Å². The molecule has 4 rings (SSSR count). The number of rotatable bonds is 7. The van der Waals surface area contributed by atoms with Crippen molar-refractivity contribution in [3.63, 3.8) is 0 Å². The summed E-state index contributed by atoms with van der Waals surface area (Å²) in [6, 6.07) is 18.9. The number of hydrogen-bond acceptors (Lipinski definition) is 5. The number of ether oxygens (including phenoxy) is 1. The minimum absolute atomic E-state index is 0.0942. The van der Waals surface area contributed by atoms with Gasteiger partial charge in [0.05, 0.1) is 35.8 Å². The van der Waals surface area contributed by atoms with Crippen LogP contribution in [0.2, 0.25) is 0 Å². The first-order valence-corrected chi connectivity index (χ1v) is 10.3. The molecule has 2 N–H and O–H groups in total. The SMILES string of the molecule is CCOC(=O)c1c(Nc2ccccc2)c2cnn(CC(Cl)c3ccccc3)c2[nH]c1=O. The van der Waals surface area contributed by atoms with E-state index in [-0.39, 0.29) is 17.5 Å². The van der Waals surface area contributed by atoms with Crippen LogP contribution in [0, 0.1) is 0 Å². The Labute approximate surface area is 183 Å². The van der Waals surface area contributed by atoms with E-state index in [1.54, 1.807) is 17.8 Å². The first kappa shape index (κ1) is 20.7. The number of H-pyrrole nitrogens is 1. The minimum atomic E-state index is -0.698.